The summed E-state index contributed by atoms with van der Waals surface area (Å²) >= 11 is 0. The lowest BCUT2D eigenvalue weighted by Crippen LogP contribution is -2.57. The minimum atomic E-state index is -0.437. The first-order chi connectivity index (χ1) is 8.88. The maximum atomic E-state index is 11.0. The van der Waals surface area contributed by atoms with Crippen molar-refractivity contribution >= 4 is 5.69 Å². The van der Waals surface area contributed by atoms with E-state index in [1.54, 1.807) is 12.1 Å². The van der Waals surface area contributed by atoms with Crippen LogP contribution >= 0.6 is 0 Å². The van der Waals surface area contributed by atoms with Crippen LogP contribution < -0.4 is 4.74 Å². The number of nitrogens with zero attached hydrogens (tertiary/aromatic N) is 1. The molecule has 1 aliphatic carbocycles. The van der Waals surface area contributed by atoms with Gasteiger partial charge in [-0.2, -0.15) is 0 Å². The zero-order chi connectivity index (χ0) is 14.2. The summed E-state index contributed by atoms with van der Waals surface area (Å²) in [5.41, 5.74) is 0.571. The number of aliphatic hydroxyl groups is 1. The highest BCUT2D eigenvalue weighted by Gasteiger charge is 2.51. The number of hydrogen-bond donors (Lipinski definition) is 1. The van der Waals surface area contributed by atoms with Crippen molar-refractivity contribution in [3.8, 4) is 5.75 Å². The maximum absolute atomic E-state index is 11.0. The molecule has 0 aliphatic heterocycles. The van der Waals surface area contributed by atoms with Gasteiger partial charge in [0.1, 0.15) is 6.10 Å². The molecule has 5 heteroatoms. The smallest absolute Gasteiger partial charge is 0.310 e. The molecule has 0 heterocycles. The second kappa shape index (κ2) is 4.81. The summed E-state index contributed by atoms with van der Waals surface area (Å²) < 4.78 is 5.80. The molecule has 5 nitrogen and oxygen atoms in total. The van der Waals surface area contributed by atoms with Crippen molar-refractivity contribution in [1.82, 2.24) is 0 Å². The lowest BCUT2D eigenvalue weighted by atomic mass is 9.63. The molecule has 0 amide bonds. The van der Waals surface area contributed by atoms with E-state index in [-0.39, 0.29) is 17.2 Å². The van der Waals surface area contributed by atoms with Gasteiger partial charge in [-0.05, 0) is 25.0 Å². The van der Waals surface area contributed by atoms with Crippen LogP contribution in [0, 0.1) is 22.5 Å². The van der Waals surface area contributed by atoms with Crippen molar-refractivity contribution in [3.63, 3.8) is 0 Å². The number of nitro groups is 1. The van der Waals surface area contributed by atoms with Gasteiger partial charge in [0.2, 0.25) is 0 Å². The first kappa shape index (κ1) is 13.8. The highest BCUT2D eigenvalue weighted by molar-refractivity contribution is 5.48. The first-order valence-electron chi connectivity index (χ1n) is 6.48. The second-order valence-corrected chi connectivity index (χ2v) is 5.45. The normalized spacial score (nSPS) is 29.7. The predicted octanol–water partition coefficient (Wildman–Crippen LogP) is 2.83. The lowest BCUT2D eigenvalue weighted by Gasteiger charge is -2.50. The van der Waals surface area contributed by atoms with Gasteiger partial charge in [0, 0.05) is 17.9 Å². The standard InChI is InChI=1S/C14H19NO4/c1-4-14(3)12(16)8-13(14)19-11-7-9(2)5-6-10(11)15(17)18/h5-7,12-13,16H,4,8H2,1-3H3. The number of rotatable bonds is 4. The van der Waals surface area contributed by atoms with E-state index in [2.05, 4.69) is 0 Å². The van der Waals surface area contributed by atoms with Crippen LogP contribution in [0.4, 0.5) is 5.69 Å². The van der Waals surface area contributed by atoms with Crippen LogP contribution in [-0.2, 0) is 0 Å². The zero-order valence-electron chi connectivity index (χ0n) is 11.4. The molecule has 2 rings (SSSR count). The summed E-state index contributed by atoms with van der Waals surface area (Å²) in [6.45, 7) is 5.81. The molecule has 19 heavy (non-hydrogen) atoms. The molecule has 1 saturated carbocycles. The summed E-state index contributed by atoms with van der Waals surface area (Å²) in [6, 6.07) is 4.83. The Bertz CT molecular complexity index is 502. The average molecular weight is 265 g/mol. The van der Waals surface area contributed by atoms with Gasteiger partial charge in [-0.25, -0.2) is 0 Å². The Hall–Kier alpha value is -1.62. The minimum absolute atomic E-state index is 0.0227. The highest BCUT2D eigenvalue weighted by atomic mass is 16.6. The molecule has 0 spiro atoms. The van der Waals surface area contributed by atoms with Gasteiger partial charge >= 0.3 is 5.69 Å². The van der Waals surface area contributed by atoms with Crippen LogP contribution in [-0.4, -0.2) is 22.2 Å². The van der Waals surface area contributed by atoms with E-state index in [1.807, 2.05) is 20.8 Å². The Labute approximate surface area is 112 Å². The summed E-state index contributed by atoms with van der Waals surface area (Å²) in [7, 11) is 0. The quantitative estimate of drug-likeness (QED) is 0.671. The molecule has 1 aromatic carbocycles. The molecule has 0 aromatic heterocycles. The molecule has 1 aromatic rings. The van der Waals surface area contributed by atoms with E-state index in [0.29, 0.717) is 12.2 Å². The van der Waals surface area contributed by atoms with E-state index in [1.165, 1.54) is 6.07 Å². The molecular formula is C14H19NO4. The lowest BCUT2D eigenvalue weighted by molar-refractivity contribution is -0.386. The van der Waals surface area contributed by atoms with Gasteiger partial charge in [-0.1, -0.05) is 19.9 Å². The predicted molar refractivity (Wildman–Crippen MR) is 71.3 cm³/mol. The molecule has 1 N–H and O–H groups in total. The summed E-state index contributed by atoms with van der Waals surface area (Å²) in [5, 5.41) is 20.8. The molecule has 0 bridgehead atoms. The Balaban J connectivity index is 2.25. The Morgan fingerprint density at radius 1 is 1.58 bits per heavy atom. The van der Waals surface area contributed by atoms with Crippen LogP contribution in [0.25, 0.3) is 0 Å². The third-order valence-corrected chi connectivity index (χ3v) is 4.28. The van der Waals surface area contributed by atoms with Crippen molar-refractivity contribution < 1.29 is 14.8 Å². The highest BCUT2D eigenvalue weighted by Crippen LogP contribution is 2.47. The number of benzene rings is 1. The average Bonchev–Trinajstić information content (AvgIpc) is 2.37. The maximum Gasteiger partial charge on any atom is 0.310 e. The summed E-state index contributed by atoms with van der Waals surface area (Å²) in [4.78, 5) is 10.6. The topological polar surface area (TPSA) is 72.6 Å². The van der Waals surface area contributed by atoms with Gasteiger partial charge in [0.25, 0.3) is 0 Å². The third-order valence-electron chi connectivity index (χ3n) is 4.28. The summed E-state index contributed by atoms with van der Waals surface area (Å²) in [5.74, 6) is 0.293. The van der Waals surface area contributed by atoms with Gasteiger partial charge in [-0.3, -0.25) is 10.1 Å². The Morgan fingerprint density at radius 3 is 2.79 bits per heavy atom. The fourth-order valence-corrected chi connectivity index (χ4v) is 2.46. The first-order valence-corrected chi connectivity index (χ1v) is 6.48. The molecule has 3 atom stereocenters. The molecule has 1 fully saturated rings. The molecular weight excluding hydrogens is 246 g/mol. The molecule has 104 valence electrons. The molecule has 0 saturated heterocycles. The molecule has 1 aliphatic rings. The van der Waals surface area contributed by atoms with E-state index >= 15 is 0 Å². The van der Waals surface area contributed by atoms with Crippen LogP contribution in [0.1, 0.15) is 32.3 Å². The van der Waals surface area contributed by atoms with Gasteiger partial charge < -0.3 is 9.84 Å². The van der Waals surface area contributed by atoms with Gasteiger partial charge in [0.05, 0.1) is 11.0 Å². The van der Waals surface area contributed by atoms with Crippen molar-refractivity contribution in [1.29, 1.82) is 0 Å². The molecule has 3 unspecified atom stereocenters. The molecule has 0 radical (unpaired) electrons. The van der Waals surface area contributed by atoms with Gasteiger partial charge in [0.15, 0.2) is 5.75 Å². The van der Waals surface area contributed by atoms with Crippen LogP contribution in [0.3, 0.4) is 0 Å². The summed E-state index contributed by atoms with van der Waals surface area (Å²) in [6.07, 6.45) is 0.729. The van der Waals surface area contributed by atoms with E-state index in [0.717, 1.165) is 12.0 Å². The fourth-order valence-electron chi connectivity index (χ4n) is 2.46. The van der Waals surface area contributed by atoms with Gasteiger partial charge in [-0.15, -0.1) is 0 Å². The number of hydrogen-bond acceptors (Lipinski definition) is 4. The Kier molecular flexibility index (Phi) is 3.49. The van der Waals surface area contributed by atoms with E-state index in [9.17, 15) is 15.2 Å². The van der Waals surface area contributed by atoms with Crippen molar-refractivity contribution in [2.24, 2.45) is 5.41 Å². The number of nitro benzene ring substituents is 1. The number of aliphatic hydroxyl groups excluding tert-OH is 1. The second-order valence-electron chi connectivity index (χ2n) is 5.45. The minimum Gasteiger partial charge on any atom is -0.483 e. The van der Waals surface area contributed by atoms with Crippen molar-refractivity contribution in [2.45, 2.75) is 45.8 Å². The Morgan fingerprint density at radius 2 is 2.26 bits per heavy atom. The van der Waals surface area contributed by atoms with Crippen LogP contribution in [0.5, 0.6) is 5.75 Å². The van der Waals surface area contributed by atoms with E-state index in [4.69, 9.17) is 4.74 Å². The van der Waals surface area contributed by atoms with Crippen molar-refractivity contribution in [2.75, 3.05) is 0 Å². The SMILES string of the molecule is CCC1(C)C(O)CC1Oc1cc(C)ccc1[N+](=O)[O-]. The van der Waals surface area contributed by atoms with Crippen LogP contribution in [0.15, 0.2) is 18.2 Å². The largest absolute Gasteiger partial charge is 0.483 e. The number of aryl methyl sites for hydroxylation is 1. The third kappa shape index (κ3) is 2.30. The number of ether oxygens (including phenoxy) is 1. The zero-order valence-corrected chi connectivity index (χ0v) is 11.4. The van der Waals surface area contributed by atoms with Crippen molar-refractivity contribution in [3.05, 3.63) is 33.9 Å². The van der Waals surface area contributed by atoms with E-state index < -0.39 is 11.0 Å². The van der Waals surface area contributed by atoms with Crippen LogP contribution in [0.2, 0.25) is 0 Å². The monoisotopic (exact) mass is 265 g/mol. The fraction of sp³-hybridized carbons (Fsp3) is 0.571.